The smallest absolute Gasteiger partial charge is 0.239 e. The van der Waals surface area contributed by atoms with Gasteiger partial charge in [-0.05, 0) is 48.4 Å². The fourth-order valence-corrected chi connectivity index (χ4v) is 5.26. The fourth-order valence-electron chi connectivity index (χ4n) is 3.44. The minimum Gasteiger partial charge on any atom is -0.274 e. The summed E-state index contributed by atoms with van der Waals surface area (Å²) < 4.78 is 1.05. The van der Waals surface area contributed by atoms with E-state index in [1.807, 2.05) is 53.9 Å². The van der Waals surface area contributed by atoms with Gasteiger partial charge in [0.2, 0.25) is 5.91 Å². The van der Waals surface area contributed by atoms with Crippen molar-refractivity contribution in [2.45, 2.75) is 19.8 Å². The number of benzene rings is 2. The summed E-state index contributed by atoms with van der Waals surface area (Å²) in [5.74, 6) is -0.0589. The lowest BCUT2D eigenvalue weighted by molar-refractivity contribution is -0.117. The van der Waals surface area contributed by atoms with E-state index in [0.717, 1.165) is 38.6 Å². The van der Waals surface area contributed by atoms with E-state index in [2.05, 4.69) is 29.0 Å². The molecule has 0 fully saturated rings. The number of aryl methyl sites for hydroxylation is 1. The van der Waals surface area contributed by atoms with Crippen molar-refractivity contribution in [3.63, 3.8) is 0 Å². The van der Waals surface area contributed by atoms with Gasteiger partial charge in [-0.3, -0.25) is 14.7 Å². The number of para-hydroxylation sites is 1. The van der Waals surface area contributed by atoms with E-state index in [-0.39, 0.29) is 12.3 Å². The number of anilines is 2. The second kappa shape index (κ2) is 8.98. The number of pyridine rings is 1. The van der Waals surface area contributed by atoms with Crippen molar-refractivity contribution in [1.29, 1.82) is 0 Å². The Morgan fingerprint density at radius 3 is 2.59 bits per heavy atom. The lowest BCUT2D eigenvalue weighted by Gasteiger charge is -2.20. The third-order valence-electron chi connectivity index (χ3n) is 5.12. The summed E-state index contributed by atoms with van der Waals surface area (Å²) in [6.07, 6.45) is 4.67. The van der Waals surface area contributed by atoms with Crippen molar-refractivity contribution < 1.29 is 4.79 Å². The maximum absolute atomic E-state index is 13.5. The first kappa shape index (κ1) is 20.5. The van der Waals surface area contributed by atoms with Crippen LogP contribution in [-0.2, 0) is 17.6 Å². The molecule has 0 bridgehead atoms. The van der Waals surface area contributed by atoms with Gasteiger partial charge >= 0.3 is 0 Å². The number of nitrogens with zero attached hydrogens (tertiary/aromatic N) is 4. The number of hydrogen-bond acceptors (Lipinski definition) is 6. The lowest BCUT2D eigenvalue weighted by atomic mass is 10.1. The van der Waals surface area contributed by atoms with Gasteiger partial charge in [0.15, 0.2) is 5.13 Å². The molecule has 3 aromatic heterocycles. The topological polar surface area (TPSA) is 59.0 Å². The molecule has 0 unspecified atom stereocenters. The van der Waals surface area contributed by atoms with Crippen LogP contribution in [0.15, 0.2) is 78.4 Å². The second-order valence-electron chi connectivity index (χ2n) is 7.28. The molecule has 158 valence electrons. The Morgan fingerprint density at radius 1 is 1.00 bits per heavy atom. The quantitative estimate of drug-likeness (QED) is 0.301. The molecule has 3 heterocycles. The van der Waals surface area contributed by atoms with Crippen LogP contribution in [0.4, 0.5) is 10.8 Å². The largest absolute Gasteiger partial charge is 0.274 e. The first-order valence-electron chi connectivity index (χ1n) is 10.3. The molecule has 0 atom stereocenters. The molecular weight excluding hydrogens is 436 g/mol. The van der Waals surface area contributed by atoms with Crippen LogP contribution in [0.1, 0.15) is 18.2 Å². The number of fused-ring (bicyclic) bond motifs is 1. The monoisotopic (exact) mass is 456 g/mol. The summed E-state index contributed by atoms with van der Waals surface area (Å²) in [6.45, 7) is 2.12. The van der Waals surface area contributed by atoms with E-state index in [1.54, 1.807) is 17.3 Å². The third kappa shape index (κ3) is 4.17. The van der Waals surface area contributed by atoms with Crippen LogP contribution in [-0.4, -0.2) is 20.9 Å². The van der Waals surface area contributed by atoms with Crippen molar-refractivity contribution in [2.24, 2.45) is 0 Å². The lowest BCUT2D eigenvalue weighted by Crippen LogP contribution is -2.27. The van der Waals surface area contributed by atoms with Crippen LogP contribution >= 0.6 is 22.7 Å². The Bertz CT molecular complexity index is 1330. The Hall–Kier alpha value is -3.42. The zero-order chi connectivity index (χ0) is 21.9. The highest BCUT2D eigenvalue weighted by molar-refractivity contribution is 7.22. The van der Waals surface area contributed by atoms with Crippen LogP contribution in [0, 0.1) is 0 Å². The van der Waals surface area contributed by atoms with Crippen LogP contribution < -0.4 is 4.90 Å². The molecule has 7 heteroatoms. The van der Waals surface area contributed by atoms with Gasteiger partial charge in [0, 0.05) is 23.3 Å². The van der Waals surface area contributed by atoms with Crippen LogP contribution in [0.2, 0.25) is 0 Å². The highest BCUT2D eigenvalue weighted by atomic mass is 32.1. The number of aromatic nitrogens is 3. The first-order valence-corrected chi connectivity index (χ1v) is 12.0. The zero-order valence-electron chi connectivity index (χ0n) is 17.4. The van der Waals surface area contributed by atoms with Crippen LogP contribution in [0.3, 0.4) is 0 Å². The first-order chi connectivity index (χ1) is 15.7. The zero-order valence-corrected chi connectivity index (χ0v) is 19.1. The molecule has 32 heavy (non-hydrogen) atoms. The second-order valence-corrected chi connectivity index (χ2v) is 9.14. The number of carbonyl (C=O) groups excluding carboxylic acids is 1. The minimum absolute atomic E-state index is 0.0589. The molecule has 5 nitrogen and oxygen atoms in total. The normalized spacial score (nSPS) is 11.0. The summed E-state index contributed by atoms with van der Waals surface area (Å²) in [6, 6.07) is 19.9. The third-order valence-corrected chi connectivity index (χ3v) is 7.08. The highest BCUT2D eigenvalue weighted by Crippen LogP contribution is 2.34. The van der Waals surface area contributed by atoms with Crippen molar-refractivity contribution in [3.8, 4) is 10.6 Å². The maximum Gasteiger partial charge on any atom is 0.239 e. The predicted octanol–water partition coefficient (Wildman–Crippen LogP) is 6.28. The molecule has 0 aliphatic heterocycles. The summed E-state index contributed by atoms with van der Waals surface area (Å²) in [5.41, 5.74) is 4.63. The Balaban J connectivity index is 1.48. The average molecular weight is 457 g/mol. The summed E-state index contributed by atoms with van der Waals surface area (Å²) in [5, 5.41) is 3.47. The molecule has 5 aromatic rings. The molecular formula is C25H20N4OS2. The molecule has 0 saturated carbocycles. The van der Waals surface area contributed by atoms with Gasteiger partial charge in [0.1, 0.15) is 5.01 Å². The summed E-state index contributed by atoms with van der Waals surface area (Å²) in [4.78, 5) is 28.8. The molecule has 0 spiro atoms. The highest BCUT2D eigenvalue weighted by Gasteiger charge is 2.23. The van der Waals surface area contributed by atoms with E-state index in [1.165, 1.54) is 28.2 Å². The van der Waals surface area contributed by atoms with Gasteiger partial charge < -0.3 is 0 Å². The van der Waals surface area contributed by atoms with Gasteiger partial charge in [0.25, 0.3) is 0 Å². The number of carbonyl (C=O) groups is 1. The Labute approximate surface area is 194 Å². The van der Waals surface area contributed by atoms with Gasteiger partial charge in [-0.15, -0.1) is 11.3 Å². The average Bonchev–Trinajstić information content (AvgIpc) is 3.47. The van der Waals surface area contributed by atoms with Crippen LogP contribution in [0.5, 0.6) is 0 Å². The van der Waals surface area contributed by atoms with E-state index >= 15 is 0 Å². The van der Waals surface area contributed by atoms with Crippen molar-refractivity contribution in [3.05, 3.63) is 89.7 Å². The number of hydrogen-bond donors (Lipinski definition) is 0. The van der Waals surface area contributed by atoms with Crippen molar-refractivity contribution in [2.75, 3.05) is 4.90 Å². The van der Waals surface area contributed by atoms with Gasteiger partial charge in [0.05, 0.1) is 28.0 Å². The van der Waals surface area contributed by atoms with Gasteiger partial charge in [-0.25, -0.2) is 9.97 Å². The molecule has 0 saturated heterocycles. The predicted molar refractivity (Wildman–Crippen MR) is 132 cm³/mol. The number of thiazole rings is 2. The van der Waals surface area contributed by atoms with Gasteiger partial charge in [-0.1, -0.05) is 42.5 Å². The van der Waals surface area contributed by atoms with E-state index in [9.17, 15) is 4.79 Å². The van der Waals surface area contributed by atoms with Crippen LogP contribution in [0.25, 0.3) is 20.8 Å². The maximum atomic E-state index is 13.5. The molecule has 0 radical (unpaired) electrons. The standard InChI is InChI=1S/C25H20N4OS2/c1-2-17-9-11-20(12-10-17)29(25-28-21-7-3-4-8-22(21)32-25)23(30)14-19-16-31-24(27-19)18-6-5-13-26-15-18/h3-13,15-16H,2,14H2,1H3. The van der Waals surface area contributed by atoms with Gasteiger partial charge in [-0.2, -0.15) is 0 Å². The van der Waals surface area contributed by atoms with E-state index in [4.69, 9.17) is 4.98 Å². The molecule has 0 aliphatic rings. The SMILES string of the molecule is CCc1ccc(N(C(=O)Cc2csc(-c3cccnc3)n2)c2nc3ccccc3s2)cc1. The molecule has 0 aliphatic carbocycles. The molecule has 2 aromatic carbocycles. The van der Waals surface area contributed by atoms with E-state index < -0.39 is 0 Å². The summed E-state index contributed by atoms with van der Waals surface area (Å²) >= 11 is 3.04. The fraction of sp³-hybridized carbons (Fsp3) is 0.120. The van der Waals surface area contributed by atoms with Crippen molar-refractivity contribution >= 4 is 49.6 Å². The van der Waals surface area contributed by atoms with Crippen molar-refractivity contribution in [1.82, 2.24) is 15.0 Å². The molecule has 1 amide bonds. The molecule has 5 rings (SSSR count). The Kier molecular flexibility index (Phi) is 5.75. The summed E-state index contributed by atoms with van der Waals surface area (Å²) in [7, 11) is 0. The number of rotatable bonds is 6. The minimum atomic E-state index is -0.0589. The van der Waals surface area contributed by atoms with E-state index in [0.29, 0.717) is 5.13 Å². The molecule has 0 N–H and O–H groups in total. The Morgan fingerprint density at radius 2 is 1.84 bits per heavy atom. The number of amides is 1.